The standard InChI is InChI=1S/C11H15N3O7/c1-7-6-10(4,15)8(2)5-9(7,3)11(12(16)17,13(18)19)14(20)21/h5-6,15H,1-4H3/t9-,10-/m1/s1. The van der Waals surface area contributed by atoms with E-state index >= 15 is 0 Å². The van der Waals surface area contributed by atoms with Crippen LogP contribution in [0.3, 0.4) is 0 Å². The number of hydrogen-bond acceptors (Lipinski definition) is 7. The van der Waals surface area contributed by atoms with Crippen molar-refractivity contribution in [1.29, 1.82) is 0 Å². The molecule has 0 saturated carbocycles. The zero-order chi connectivity index (χ0) is 16.8. The molecular weight excluding hydrogens is 286 g/mol. The smallest absolute Gasteiger partial charge is 0.382 e. The number of rotatable bonds is 4. The van der Waals surface area contributed by atoms with Crippen LogP contribution in [0.1, 0.15) is 27.7 Å². The van der Waals surface area contributed by atoms with Crippen molar-refractivity contribution in [2.24, 2.45) is 5.41 Å². The normalized spacial score (nSPS) is 29.4. The van der Waals surface area contributed by atoms with Gasteiger partial charge in [0.05, 0.1) is 0 Å². The van der Waals surface area contributed by atoms with Crippen LogP contribution < -0.4 is 0 Å². The Morgan fingerprint density at radius 2 is 1.33 bits per heavy atom. The van der Waals surface area contributed by atoms with E-state index in [2.05, 4.69) is 0 Å². The summed E-state index contributed by atoms with van der Waals surface area (Å²) in [6, 6.07) is 0. The van der Waals surface area contributed by atoms with Crippen LogP contribution in [0.5, 0.6) is 0 Å². The Kier molecular flexibility index (Phi) is 3.64. The first-order chi connectivity index (χ1) is 9.34. The Hall–Kier alpha value is -2.36. The van der Waals surface area contributed by atoms with Crippen LogP contribution in [0, 0.1) is 35.8 Å². The monoisotopic (exact) mass is 301 g/mol. The van der Waals surface area contributed by atoms with Crippen LogP contribution in [0.2, 0.25) is 0 Å². The molecule has 1 aliphatic carbocycles. The van der Waals surface area contributed by atoms with Crippen molar-refractivity contribution in [3.63, 3.8) is 0 Å². The average molecular weight is 301 g/mol. The zero-order valence-electron chi connectivity index (χ0n) is 11.9. The Morgan fingerprint density at radius 1 is 0.952 bits per heavy atom. The SMILES string of the molecule is CC1=C[C@@](C)(C([N+](=O)[O-])([N+](=O)[O-])[N+](=O)[O-])C(C)=C[C@@]1(C)O. The van der Waals surface area contributed by atoms with Gasteiger partial charge < -0.3 is 5.11 Å². The van der Waals surface area contributed by atoms with Gasteiger partial charge in [-0.15, -0.1) is 0 Å². The van der Waals surface area contributed by atoms with E-state index in [1.807, 2.05) is 0 Å². The molecule has 0 aromatic carbocycles. The molecular formula is C11H15N3O7. The lowest BCUT2D eigenvalue weighted by Crippen LogP contribution is -2.64. The summed E-state index contributed by atoms with van der Waals surface area (Å²) in [4.78, 5) is 29.2. The first-order valence-corrected chi connectivity index (χ1v) is 5.89. The number of nitro groups is 3. The van der Waals surface area contributed by atoms with E-state index < -0.39 is 31.6 Å². The molecule has 0 aromatic rings. The van der Waals surface area contributed by atoms with E-state index in [-0.39, 0.29) is 11.1 Å². The van der Waals surface area contributed by atoms with E-state index in [9.17, 15) is 35.4 Å². The van der Waals surface area contributed by atoms with Crippen LogP contribution in [0.15, 0.2) is 23.3 Å². The molecule has 0 aromatic heterocycles. The minimum atomic E-state index is -3.66. The van der Waals surface area contributed by atoms with E-state index in [1.54, 1.807) is 0 Å². The van der Waals surface area contributed by atoms with Gasteiger partial charge in [-0.05, 0) is 51.0 Å². The van der Waals surface area contributed by atoms with Crippen molar-refractivity contribution >= 4 is 0 Å². The number of hydrogen-bond donors (Lipinski definition) is 1. The maximum absolute atomic E-state index is 11.2. The van der Waals surface area contributed by atoms with Gasteiger partial charge in [0.2, 0.25) is 5.41 Å². The maximum Gasteiger partial charge on any atom is 0.712 e. The number of aliphatic hydroxyl groups is 1. The molecule has 10 nitrogen and oxygen atoms in total. The molecule has 0 unspecified atom stereocenters. The highest BCUT2D eigenvalue weighted by atomic mass is 16.7. The summed E-state index contributed by atoms with van der Waals surface area (Å²) >= 11 is 0. The highest BCUT2D eigenvalue weighted by Crippen LogP contribution is 2.48. The summed E-state index contributed by atoms with van der Waals surface area (Å²) in [6.07, 6.45) is 2.18. The van der Waals surface area contributed by atoms with Crippen LogP contribution in [0.4, 0.5) is 0 Å². The lowest BCUT2D eigenvalue weighted by atomic mass is 9.68. The fourth-order valence-corrected chi connectivity index (χ4v) is 2.51. The largest absolute Gasteiger partial charge is 0.712 e. The Bertz CT molecular complexity index is 557. The van der Waals surface area contributed by atoms with Crippen molar-refractivity contribution in [3.05, 3.63) is 53.6 Å². The van der Waals surface area contributed by atoms with Crippen molar-refractivity contribution in [2.75, 3.05) is 0 Å². The van der Waals surface area contributed by atoms with Crippen molar-refractivity contribution in [1.82, 2.24) is 0 Å². The Morgan fingerprint density at radius 3 is 1.67 bits per heavy atom. The van der Waals surface area contributed by atoms with Gasteiger partial charge >= 0.3 is 5.79 Å². The maximum atomic E-state index is 11.2. The topological polar surface area (TPSA) is 150 Å². The van der Waals surface area contributed by atoms with Crippen LogP contribution in [-0.4, -0.2) is 31.3 Å². The van der Waals surface area contributed by atoms with E-state index in [4.69, 9.17) is 0 Å². The molecule has 0 aliphatic heterocycles. The van der Waals surface area contributed by atoms with Crippen LogP contribution in [0.25, 0.3) is 0 Å². The quantitative estimate of drug-likeness (QED) is 0.354. The molecule has 2 atom stereocenters. The lowest BCUT2D eigenvalue weighted by Gasteiger charge is -2.35. The molecule has 0 amide bonds. The number of nitrogens with zero attached hydrogens (tertiary/aromatic N) is 3. The minimum Gasteiger partial charge on any atom is -0.382 e. The average Bonchev–Trinajstić information content (AvgIpc) is 2.24. The third-order valence-electron chi connectivity index (χ3n) is 4.08. The van der Waals surface area contributed by atoms with Crippen molar-refractivity contribution in [2.45, 2.75) is 39.1 Å². The molecule has 0 fully saturated rings. The molecule has 116 valence electrons. The van der Waals surface area contributed by atoms with Gasteiger partial charge in [-0.3, -0.25) is 30.3 Å². The van der Waals surface area contributed by atoms with Gasteiger partial charge in [0.15, 0.2) is 14.8 Å². The molecule has 10 heteroatoms. The van der Waals surface area contributed by atoms with E-state index in [1.165, 1.54) is 20.8 Å². The van der Waals surface area contributed by atoms with Gasteiger partial charge in [-0.2, -0.15) is 0 Å². The Labute approximate surface area is 119 Å². The molecule has 0 bridgehead atoms. The molecule has 1 N–H and O–H groups in total. The first kappa shape index (κ1) is 16.7. The molecule has 0 heterocycles. The summed E-state index contributed by atoms with van der Waals surface area (Å²) in [5, 5.41) is 43.7. The van der Waals surface area contributed by atoms with E-state index in [0.29, 0.717) is 0 Å². The second kappa shape index (κ2) is 4.58. The molecule has 1 aliphatic rings. The Balaban J connectivity index is 3.78. The van der Waals surface area contributed by atoms with Crippen LogP contribution in [-0.2, 0) is 0 Å². The second-order valence-electron chi connectivity index (χ2n) is 5.41. The van der Waals surface area contributed by atoms with Gasteiger partial charge in [-0.1, -0.05) is 0 Å². The molecule has 0 radical (unpaired) electrons. The summed E-state index contributed by atoms with van der Waals surface area (Å²) in [5.74, 6) is -3.66. The second-order valence-corrected chi connectivity index (χ2v) is 5.41. The predicted octanol–water partition coefficient (Wildman–Crippen LogP) is 1.13. The summed E-state index contributed by atoms with van der Waals surface area (Å²) in [6.45, 7) is 5.11. The summed E-state index contributed by atoms with van der Waals surface area (Å²) in [5.41, 5.74) is -3.46. The van der Waals surface area contributed by atoms with Crippen LogP contribution >= 0.6 is 0 Å². The minimum absolute atomic E-state index is 0.0248. The molecule has 0 saturated heterocycles. The van der Waals surface area contributed by atoms with E-state index in [0.717, 1.165) is 19.1 Å². The fourth-order valence-electron chi connectivity index (χ4n) is 2.51. The zero-order valence-corrected chi connectivity index (χ0v) is 11.9. The van der Waals surface area contributed by atoms with Gasteiger partial charge in [0.1, 0.15) is 5.60 Å². The first-order valence-electron chi connectivity index (χ1n) is 5.89. The summed E-state index contributed by atoms with van der Waals surface area (Å²) < 4.78 is 0. The molecule has 21 heavy (non-hydrogen) atoms. The highest BCUT2D eigenvalue weighted by Gasteiger charge is 2.83. The highest BCUT2D eigenvalue weighted by molar-refractivity contribution is 5.38. The fraction of sp³-hybridized carbons (Fsp3) is 0.636. The third-order valence-corrected chi connectivity index (χ3v) is 4.08. The van der Waals surface area contributed by atoms with Crippen molar-refractivity contribution in [3.8, 4) is 0 Å². The summed E-state index contributed by atoms with van der Waals surface area (Å²) in [7, 11) is 0. The molecule has 0 spiro atoms. The van der Waals surface area contributed by atoms with Gasteiger partial charge in [-0.25, -0.2) is 0 Å². The van der Waals surface area contributed by atoms with Crippen molar-refractivity contribution < 1.29 is 19.9 Å². The van der Waals surface area contributed by atoms with Gasteiger partial charge in [0, 0.05) is 0 Å². The lowest BCUT2D eigenvalue weighted by molar-refractivity contribution is -0.982. The third kappa shape index (κ3) is 1.98. The predicted molar refractivity (Wildman–Crippen MR) is 70.0 cm³/mol. The van der Waals surface area contributed by atoms with Gasteiger partial charge in [0.25, 0.3) is 0 Å². The molecule has 1 rings (SSSR count).